The van der Waals surface area contributed by atoms with Crippen LogP contribution in [0.4, 0.5) is 0 Å². The van der Waals surface area contributed by atoms with Crippen molar-refractivity contribution in [1.82, 2.24) is 32.2 Å². The van der Waals surface area contributed by atoms with E-state index < -0.39 is 48.3 Å². The number of nitrogens with zero attached hydrogens (tertiary/aromatic N) is 2. The van der Waals surface area contributed by atoms with Crippen molar-refractivity contribution in [2.75, 3.05) is 14.2 Å². The fourth-order valence-corrected chi connectivity index (χ4v) is 7.80. The molecule has 4 aromatic carbocycles. The number of hydrazine groups is 2. The highest BCUT2D eigenvalue weighted by atomic mass is 79.9. The summed E-state index contributed by atoms with van der Waals surface area (Å²) in [5.41, 5.74) is 9.63. The Hall–Kier alpha value is -5.23. The second-order valence-corrected chi connectivity index (χ2v) is 19.7. The van der Waals surface area contributed by atoms with E-state index in [1.54, 1.807) is 81.8 Å². The minimum Gasteiger partial charge on any atom is -0.496 e. The molecule has 4 aromatic rings. The highest BCUT2D eigenvalue weighted by Crippen LogP contribution is 2.37. The van der Waals surface area contributed by atoms with E-state index in [0.29, 0.717) is 62.2 Å². The number of carbonyl (C=O) groups is 4. The van der Waals surface area contributed by atoms with Gasteiger partial charge in [0.15, 0.2) is 0 Å². The molecule has 0 atom stereocenters. The van der Waals surface area contributed by atoms with Crippen molar-refractivity contribution in [1.29, 1.82) is 0 Å². The second-order valence-electron chi connectivity index (χ2n) is 19.1. The molecule has 7 N–H and O–H groups in total. The molecule has 4 amide bonds. The van der Waals surface area contributed by atoms with Crippen LogP contribution < -0.4 is 42.6 Å². The van der Waals surface area contributed by atoms with Crippen molar-refractivity contribution in [3.63, 3.8) is 0 Å². The van der Waals surface area contributed by atoms with Gasteiger partial charge < -0.3 is 35.2 Å². The minimum absolute atomic E-state index is 0. The first kappa shape index (κ1) is 53.4. The monoisotopic (exact) mass is 970 g/mol. The summed E-state index contributed by atoms with van der Waals surface area (Å²) in [5, 5.41) is 16.2. The van der Waals surface area contributed by atoms with Gasteiger partial charge >= 0.3 is 14.2 Å². The van der Waals surface area contributed by atoms with E-state index in [2.05, 4.69) is 32.0 Å². The van der Waals surface area contributed by atoms with Crippen LogP contribution >= 0.6 is 15.9 Å². The first-order valence-corrected chi connectivity index (χ1v) is 22.6. The normalized spacial score (nSPS) is 14.8. The molecule has 2 aliphatic heterocycles. The molecule has 2 heterocycles. The van der Waals surface area contributed by atoms with Gasteiger partial charge in [-0.15, -0.1) is 0 Å². The zero-order valence-corrected chi connectivity index (χ0v) is 42.3. The molecular formula is C48H65B2BrN6O9. The van der Waals surface area contributed by atoms with Gasteiger partial charge in [0.2, 0.25) is 0 Å². The molecule has 0 spiro atoms. The van der Waals surface area contributed by atoms with Crippen LogP contribution in [-0.2, 0) is 21.2 Å². The molecule has 0 bridgehead atoms. The van der Waals surface area contributed by atoms with Crippen LogP contribution in [0.2, 0.25) is 0 Å². The lowest BCUT2D eigenvalue weighted by Crippen LogP contribution is -2.56. The van der Waals surface area contributed by atoms with Crippen molar-refractivity contribution in [3.8, 4) is 11.5 Å². The lowest BCUT2D eigenvalue weighted by Gasteiger charge is -2.35. The number of hydrogen-bond acceptors (Lipinski definition) is 11. The molecule has 0 aliphatic carbocycles. The summed E-state index contributed by atoms with van der Waals surface area (Å²) in [6, 6.07) is 21.1. The van der Waals surface area contributed by atoms with E-state index in [-0.39, 0.29) is 18.0 Å². The number of fused-ring (bicyclic) bond motifs is 1. The lowest BCUT2D eigenvalue weighted by molar-refractivity contribution is 0.00578. The fourth-order valence-electron chi connectivity index (χ4n) is 7.29. The molecule has 2 aliphatic rings. The van der Waals surface area contributed by atoms with Crippen molar-refractivity contribution >= 4 is 64.7 Å². The summed E-state index contributed by atoms with van der Waals surface area (Å²) in [7, 11) is 1.69. The van der Waals surface area contributed by atoms with Crippen molar-refractivity contribution in [3.05, 3.63) is 117 Å². The molecule has 18 heteroatoms. The van der Waals surface area contributed by atoms with E-state index in [1.165, 1.54) is 10.0 Å². The molecule has 15 nitrogen and oxygen atoms in total. The quantitative estimate of drug-likeness (QED) is 0.0751. The van der Waals surface area contributed by atoms with Gasteiger partial charge in [-0.1, -0.05) is 46.3 Å². The summed E-state index contributed by atoms with van der Waals surface area (Å²) in [5.74, 6) is -0.269. The third-order valence-corrected chi connectivity index (χ3v) is 12.5. The highest BCUT2D eigenvalue weighted by Gasteiger charge is 2.52. The first-order valence-electron chi connectivity index (χ1n) is 21.4. The van der Waals surface area contributed by atoms with Crippen molar-refractivity contribution in [2.45, 2.75) is 117 Å². The van der Waals surface area contributed by atoms with E-state index in [1.807, 2.05) is 88.3 Å². The van der Waals surface area contributed by atoms with Crippen LogP contribution in [-0.4, -0.2) is 89.3 Å². The number of alkyl halides is 1. The van der Waals surface area contributed by atoms with Gasteiger partial charge in [-0.25, -0.2) is 10.0 Å². The number of rotatable bonds is 8. The Bertz CT molecular complexity index is 2440. The maximum absolute atomic E-state index is 13.8. The molecule has 0 unspecified atom stereocenters. The fraction of sp³-hybridized carbons (Fsp3) is 0.417. The molecule has 6 rings (SSSR count). The predicted molar refractivity (Wildman–Crippen MR) is 263 cm³/mol. The third kappa shape index (κ3) is 11.5. The number of methoxy groups -OCH3 is 2. The van der Waals surface area contributed by atoms with Crippen molar-refractivity contribution < 1.29 is 43.0 Å². The molecule has 354 valence electrons. The van der Waals surface area contributed by atoms with Crippen LogP contribution in [0.25, 0.3) is 0 Å². The first-order chi connectivity index (χ1) is 30.3. The zero-order chi connectivity index (χ0) is 48.4. The van der Waals surface area contributed by atoms with Gasteiger partial charge in [-0.2, -0.15) is 0 Å². The third-order valence-electron chi connectivity index (χ3n) is 11.9. The van der Waals surface area contributed by atoms with Gasteiger partial charge in [0.25, 0.3) is 23.6 Å². The number of ether oxygens (including phenoxy) is 2. The minimum atomic E-state index is -0.796. The van der Waals surface area contributed by atoms with Gasteiger partial charge in [0.1, 0.15) is 11.5 Å². The van der Waals surface area contributed by atoms with Crippen LogP contribution in [0.15, 0.2) is 72.8 Å². The smallest absolute Gasteiger partial charge is 0.495 e. The topological polar surface area (TPSA) is 203 Å². The number of benzene rings is 4. The molecule has 0 saturated carbocycles. The van der Waals surface area contributed by atoms with E-state index >= 15 is 0 Å². The molecular weight excluding hydrogens is 906 g/mol. The largest absolute Gasteiger partial charge is 0.496 e. The van der Waals surface area contributed by atoms with E-state index in [9.17, 15) is 24.2 Å². The molecule has 0 aromatic heterocycles. The number of hydrogen-bond donors (Lipinski definition) is 5. The maximum atomic E-state index is 13.8. The van der Waals surface area contributed by atoms with Gasteiger partial charge in [-0.05, 0) is 148 Å². The Morgan fingerprint density at radius 1 is 0.727 bits per heavy atom. The number of nitrogens with one attached hydrogen (secondary N) is 3. The standard InChI is InChI=1S/C27H36BBrN2O5.C21H26BN3O4.H3N/c1-17-20(11-10-12-22(17)34-9)23(32)30-31(25(2,3)4)24(33)18-13-14-19(16-29)21(15-18)28-35-26(5,6)27(7,8)36-28;1-13-16(7-6-8-18(13)29-5)19(26)24-25(21(2,3)4)20(27)14-9-10-15-12-23-22(28)17(15)11-14;/h10-15H,16H2,1-9H3,(H,30,32);6-11,23,28H,12H2,1-5H3,(H,24,26);1H3. The molecule has 1 saturated heterocycles. The number of halogens is 1. The van der Waals surface area contributed by atoms with Crippen LogP contribution in [0.5, 0.6) is 11.5 Å². The van der Waals surface area contributed by atoms with E-state index in [0.717, 1.165) is 16.6 Å². The van der Waals surface area contributed by atoms with Crippen LogP contribution in [0.3, 0.4) is 0 Å². The molecule has 66 heavy (non-hydrogen) atoms. The summed E-state index contributed by atoms with van der Waals surface area (Å²) in [6.07, 6.45) is 0. The number of amides is 4. The number of carbonyl (C=O) groups excluding carboxylic acids is 4. The second kappa shape index (κ2) is 20.7. The molecule has 1 fully saturated rings. The Morgan fingerprint density at radius 2 is 1.15 bits per heavy atom. The Morgan fingerprint density at radius 3 is 1.56 bits per heavy atom. The Balaban J connectivity index is 0.000000290. The maximum Gasteiger partial charge on any atom is 0.495 e. The summed E-state index contributed by atoms with van der Waals surface area (Å²) in [6.45, 7) is 23.3. The van der Waals surface area contributed by atoms with Crippen molar-refractivity contribution in [2.24, 2.45) is 0 Å². The van der Waals surface area contributed by atoms with Gasteiger partial charge in [0, 0.05) is 45.3 Å². The highest BCUT2D eigenvalue weighted by molar-refractivity contribution is 9.08. The average molecular weight is 972 g/mol. The summed E-state index contributed by atoms with van der Waals surface area (Å²) < 4.78 is 23.2. The predicted octanol–water partition coefficient (Wildman–Crippen LogP) is 6.33. The summed E-state index contributed by atoms with van der Waals surface area (Å²) in [4.78, 5) is 53.2. The Kier molecular flexibility index (Phi) is 16.8. The Labute approximate surface area is 398 Å². The molecule has 0 radical (unpaired) electrons. The summed E-state index contributed by atoms with van der Waals surface area (Å²) >= 11 is 3.54. The average Bonchev–Trinajstić information content (AvgIpc) is 3.72. The van der Waals surface area contributed by atoms with Gasteiger partial charge in [0.05, 0.1) is 36.5 Å². The van der Waals surface area contributed by atoms with Crippen LogP contribution in [0, 0.1) is 13.8 Å². The van der Waals surface area contributed by atoms with Gasteiger partial charge in [-0.3, -0.25) is 30.0 Å². The van der Waals surface area contributed by atoms with Crippen LogP contribution in [0.1, 0.15) is 133 Å². The lowest BCUT2D eigenvalue weighted by atomic mass is 9.75. The zero-order valence-electron chi connectivity index (χ0n) is 40.7. The SMILES string of the molecule is COc1cccc(C(=O)NN(C(=O)c2ccc(CBr)c(B3OC(C)(C)C(C)(C)O3)c2)C(C)(C)C)c1C.COc1cccc(C(=O)NN(C(=O)c2ccc3c(c2)B(O)NC3)C(C)(C)C)c1C.N. The van der Waals surface area contributed by atoms with E-state index in [4.69, 9.17) is 18.8 Å².